The van der Waals surface area contributed by atoms with Crippen LogP contribution in [0.2, 0.25) is 0 Å². The van der Waals surface area contributed by atoms with Gasteiger partial charge in [0, 0.05) is 10.5 Å². The Hall–Kier alpha value is -0.470. The van der Waals surface area contributed by atoms with Crippen molar-refractivity contribution in [3.8, 4) is 0 Å². The van der Waals surface area contributed by atoms with Gasteiger partial charge in [-0.25, -0.2) is 0 Å². The molecule has 0 aliphatic carbocycles. The van der Waals surface area contributed by atoms with Gasteiger partial charge in [-0.15, -0.1) is 11.8 Å². The Balaban J connectivity index is 2.80. The van der Waals surface area contributed by atoms with E-state index in [1.807, 2.05) is 0 Å². The summed E-state index contributed by atoms with van der Waals surface area (Å²) in [5.74, 6) is 0. The largest absolute Gasteiger partial charge is 0.354 e. The van der Waals surface area contributed by atoms with E-state index < -0.39 is 0 Å². The molecule has 2 heteroatoms. The van der Waals surface area contributed by atoms with E-state index in [0.29, 0.717) is 0 Å². The van der Waals surface area contributed by atoms with Gasteiger partial charge in [-0.2, -0.15) is 0 Å². The summed E-state index contributed by atoms with van der Waals surface area (Å²) in [6.45, 7) is 0.884. The molecule has 1 nitrogen and oxygen atoms in total. The summed E-state index contributed by atoms with van der Waals surface area (Å²) in [5, 5.41) is 0. The first-order chi connectivity index (χ1) is 4.86. The van der Waals surface area contributed by atoms with Crippen LogP contribution in [-0.2, 0) is 6.54 Å². The van der Waals surface area contributed by atoms with Gasteiger partial charge in [-0.05, 0) is 18.4 Å². The molecule has 0 bridgehead atoms. The van der Waals surface area contributed by atoms with E-state index in [1.54, 1.807) is 11.8 Å². The van der Waals surface area contributed by atoms with Gasteiger partial charge in [0.2, 0.25) is 0 Å². The predicted octanol–water partition coefficient (Wildman–Crippen LogP) is 1.15. The molecule has 0 atom stereocenters. The SMILES string of the molecule is CSc1ccc(C[NH3+])cc1. The topological polar surface area (TPSA) is 27.6 Å². The lowest BCUT2D eigenvalue weighted by atomic mass is 10.2. The van der Waals surface area contributed by atoms with Crippen molar-refractivity contribution < 1.29 is 5.73 Å². The zero-order valence-corrected chi connectivity index (χ0v) is 6.95. The van der Waals surface area contributed by atoms with Crippen LogP contribution in [0.3, 0.4) is 0 Å². The number of rotatable bonds is 2. The lowest BCUT2D eigenvalue weighted by molar-refractivity contribution is -0.386. The molecule has 0 heterocycles. The summed E-state index contributed by atoms with van der Waals surface area (Å²) < 4.78 is 0. The molecular formula is C8H12NS+. The molecule has 0 amide bonds. The molecule has 3 N–H and O–H groups in total. The average molecular weight is 154 g/mol. The van der Waals surface area contributed by atoms with Gasteiger partial charge in [0.1, 0.15) is 0 Å². The number of hydrogen-bond donors (Lipinski definition) is 1. The van der Waals surface area contributed by atoms with Crippen LogP contribution in [-0.4, -0.2) is 6.26 Å². The maximum atomic E-state index is 3.80. The van der Waals surface area contributed by atoms with E-state index in [2.05, 4.69) is 36.3 Å². The van der Waals surface area contributed by atoms with Crippen molar-refractivity contribution in [2.45, 2.75) is 11.4 Å². The van der Waals surface area contributed by atoms with Gasteiger partial charge in [0.05, 0.1) is 6.54 Å². The molecule has 1 aromatic carbocycles. The van der Waals surface area contributed by atoms with Crippen molar-refractivity contribution in [3.05, 3.63) is 29.8 Å². The van der Waals surface area contributed by atoms with Crippen molar-refractivity contribution in [1.29, 1.82) is 0 Å². The van der Waals surface area contributed by atoms with Gasteiger partial charge >= 0.3 is 0 Å². The highest BCUT2D eigenvalue weighted by Gasteiger charge is 1.90. The number of thioether (sulfide) groups is 1. The van der Waals surface area contributed by atoms with Crippen molar-refractivity contribution in [2.24, 2.45) is 0 Å². The van der Waals surface area contributed by atoms with Gasteiger partial charge < -0.3 is 5.73 Å². The van der Waals surface area contributed by atoms with Crippen LogP contribution in [0.1, 0.15) is 5.56 Å². The summed E-state index contributed by atoms with van der Waals surface area (Å²) in [5.41, 5.74) is 5.11. The second-order valence-corrected chi connectivity index (χ2v) is 2.98. The molecule has 0 aliphatic rings. The third kappa shape index (κ3) is 1.75. The highest BCUT2D eigenvalue weighted by atomic mass is 32.2. The van der Waals surface area contributed by atoms with E-state index in [4.69, 9.17) is 0 Å². The van der Waals surface area contributed by atoms with Crippen molar-refractivity contribution >= 4 is 11.8 Å². The van der Waals surface area contributed by atoms with Crippen LogP contribution in [0.15, 0.2) is 29.2 Å². The lowest BCUT2D eigenvalue weighted by Gasteiger charge is -1.95. The second kappa shape index (κ2) is 3.64. The van der Waals surface area contributed by atoms with Crippen LogP contribution >= 0.6 is 11.8 Å². The zero-order chi connectivity index (χ0) is 7.40. The monoisotopic (exact) mass is 154 g/mol. The van der Waals surface area contributed by atoms with Gasteiger partial charge in [0.25, 0.3) is 0 Å². The highest BCUT2D eigenvalue weighted by Crippen LogP contribution is 2.13. The molecule has 54 valence electrons. The maximum Gasteiger partial charge on any atom is 0.0997 e. The third-order valence-corrected chi connectivity index (χ3v) is 2.19. The summed E-state index contributed by atoms with van der Waals surface area (Å²) in [7, 11) is 0. The molecule has 10 heavy (non-hydrogen) atoms. The molecule has 0 aromatic heterocycles. The minimum absolute atomic E-state index is 0.884. The van der Waals surface area contributed by atoms with E-state index in [-0.39, 0.29) is 0 Å². The smallest absolute Gasteiger partial charge is 0.0997 e. The Morgan fingerprint density at radius 3 is 2.30 bits per heavy atom. The van der Waals surface area contributed by atoms with Gasteiger partial charge in [-0.1, -0.05) is 12.1 Å². The van der Waals surface area contributed by atoms with Crippen LogP contribution in [0.25, 0.3) is 0 Å². The Labute approximate surface area is 65.6 Å². The van der Waals surface area contributed by atoms with Crippen LogP contribution in [0, 0.1) is 0 Å². The number of benzene rings is 1. The summed E-state index contributed by atoms with van der Waals surface area (Å²) in [6, 6.07) is 8.51. The molecule has 0 saturated heterocycles. The van der Waals surface area contributed by atoms with E-state index in [9.17, 15) is 0 Å². The quantitative estimate of drug-likeness (QED) is 0.636. The van der Waals surface area contributed by atoms with Crippen LogP contribution in [0.5, 0.6) is 0 Å². The lowest BCUT2D eigenvalue weighted by Crippen LogP contribution is -2.47. The minimum atomic E-state index is 0.884. The number of hydrogen-bond acceptors (Lipinski definition) is 1. The second-order valence-electron chi connectivity index (χ2n) is 2.10. The van der Waals surface area contributed by atoms with E-state index >= 15 is 0 Å². The average Bonchev–Trinajstić information content (AvgIpc) is 2.05. The summed E-state index contributed by atoms with van der Waals surface area (Å²) >= 11 is 1.77. The van der Waals surface area contributed by atoms with Gasteiger partial charge in [0.15, 0.2) is 0 Å². The summed E-state index contributed by atoms with van der Waals surface area (Å²) in [6.07, 6.45) is 2.08. The van der Waals surface area contributed by atoms with Crippen LogP contribution in [0.4, 0.5) is 0 Å². The molecule has 1 aromatic rings. The highest BCUT2D eigenvalue weighted by molar-refractivity contribution is 7.98. The van der Waals surface area contributed by atoms with Crippen molar-refractivity contribution in [1.82, 2.24) is 0 Å². The molecule has 0 radical (unpaired) electrons. The van der Waals surface area contributed by atoms with Crippen molar-refractivity contribution in [3.63, 3.8) is 0 Å². The zero-order valence-electron chi connectivity index (χ0n) is 6.13. The Bertz CT molecular complexity index is 170. The predicted molar refractivity (Wildman–Crippen MR) is 44.8 cm³/mol. The first kappa shape index (κ1) is 7.63. The molecular weight excluding hydrogens is 142 g/mol. The minimum Gasteiger partial charge on any atom is -0.354 e. The molecule has 0 spiro atoms. The Morgan fingerprint density at radius 2 is 1.90 bits per heavy atom. The van der Waals surface area contributed by atoms with E-state index in [0.717, 1.165) is 6.54 Å². The standard InChI is InChI=1S/C8H11NS/c1-10-8-4-2-7(6-9)3-5-8/h2-5H,6,9H2,1H3/p+1. The first-order valence-corrected chi connectivity index (χ1v) is 4.51. The summed E-state index contributed by atoms with van der Waals surface area (Å²) in [4.78, 5) is 1.32. The van der Waals surface area contributed by atoms with E-state index in [1.165, 1.54) is 10.5 Å². The molecule has 0 saturated carbocycles. The van der Waals surface area contributed by atoms with Crippen molar-refractivity contribution in [2.75, 3.05) is 6.26 Å². The van der Waals surface area contributed by atoms with Crippen LogP contribution < -0.4 is 5.73 Å². The molecule has 0 aliphatic heterocycles. The fraction of sp³-hybridized carbons (Fsp3) is 0.250. The molecule has 0 fully saturated rings. The molecule has 1 rings (SSSR count). The maximum absolute atomic E-state index is 3.80. The fourth-order valence-electron chi connectivity index (χ4n) is 0.792. The Morgan fingerprint density at radius 1 is 1.30 bits per heavy atom. The first-order valence-electron chi connectivity index (χ1n) is 3.29. The normalized spacial score (nSPS) is 9.80. The fourth-order valence-corrected chi connectivity index (χ4v) is 1.20. The number of quaternary nitrogens is 1. The Kier molecular flexibility index (Phi) is 2.78. The van der Waals surface area contributed by atoms with Gasteiger partial charge in [-0.3, -0.25) is 0 Å². The third-order valence-electron chi connectivity index (χ3n) is 1.45. The molecule has 0 unspecified atom stereocenters.